The van der Waals surface area contributed by atoms with Crippen molar-refractivity contribution >= 4 is 0 Å². The lowest BCUT2D eigenvalue weighted by Gasteiger charge is -2.11. The maximum atomic E-state index is 6.18. The van der Waals surface area contributed by atoms with Gasteiger partial charge >= 0.3 is 0 Å². The van der Waals surface area contributed by atoms with E-state index < -0.39 is 0 Å². The van der Waals surface area contributed by atoms with E-state index in [2.05, 4.69) is 10.3 Å². The molecular formula is C12H14N4. The molecule has 1 aromatic heterocycles. The van der Waals surface area contributed by atoms with Crippen LogP contribution in [0.25, 0.3) is 5.69 Å². The molecule has 0 bridgehead atoms. The molecular weight excluding hydrogens is 200 g/mol. The zero-order valence-electron chi connectivity index (χ0n) is 8.95. The van der Waals surface area contributed by atoms with Crippen molar-refractivity contribution < 1.29 is 0 Å². The Hall–Kier alpha value is -1.68. The van der Waals surface area contributed by atoms with Crippen LogP contribution in [0.1, 0.15) is 24.6 Å². The van der Waals surface area contributed by atoms with Gasteiger partial charge in [-0.3, -0.25) is 0 Å². The zero-order valence-corrected chi connectivity index (χ0v) is 8.95. The fourth-order valence-electron chi connectivity index (χ4n) is 1.94. The molecule has 0 saturated heterocycles. The molecule has 1 unspecified atom stereocenters. The fraction of sp³-hybridized carbons (Fsp3) is 0.333. The van der Waals surface area contributed by atoms with E-state index in [1.165, 1.54) is 12.8 Å². The van der Waals surface area contributed by atoms with Crippen molar-refractivity contribution in [2.45, 2.75) is 18.9 Å². The molecule has 3 rings (SSSR count). The maximum absolute atomic E-state index is 6.18. The SMILES string of the molecule is NC(c1cnnn1-c1ccccc1)C1CC1. The van der Waals surface area contributed by atoms with Crippen LogP contribution in [0.2, 0.25) is 0 Å². The van der Waals surface area contributed by atoms with E-state index in [-0.39, 0.29) is 6.04 Å². The molecule has 4 nitrogen and oxygen atoms in total. The van der Waals surface area contributed by atoms with Gasteiger partial charge in [0.1, 0.15) is 0 Å². The minimum atomic E-state index is 0.0650. The van der Waals surface area contributed by atoms with Crippen LogP contribution in [0.4, 0.5) is 0 Å². The molecule has 1 aliphatic carbocycles. The molecule has 16 heavy (non-hydrogen) atoms. The molecule has 2 N–H and O–H groups in total. The lowest BCUT2D eigenvalue weighted by Crippen LogP contribution is -2.17. The number of benzene rings is 1. The molecule has 1 saturated carbocycles. The topological polar surface area (TPSA) is 56.7 Å². The van der Waals surface area contributed by atoms with E-state index in [1.54, 1.807) is 6.20 Å². The number of hydrogen-bond donors (Lipinski definition) is 1. The Morgan fingerprint density at radius 1 is 1.25 bits per heavy atom. The third kappa shape index (κ3) is 1.61. The van der Waals surface area contributed by atoms with E-state index in [0.29, 0.717) is 5.92 Å². The van der Waals surface area contributed by atoms with Gasteiger partial charge in [0.05, 0.1) is 23.6 Å². The second-order valence-electron chi connectivity index (χ2n) is 4.27. The predicted molar refractivity (Wildman–Crippen MR) is 61.0 cm³/mol. The molecule has 0 spiro atoms. The predicted octanol–water partition coefficient (Wildman–Crippen LogP) is 1.68. The Bertz CT molecular complexity index is 473. The lowest BCUT2D eigenvalue weighted by atomic mass is 10.1. The summed E-state index contributed by atoms with van der Waals surface area (Å²) in [5, 5.41) is 8.07. The summed E-state index contributed by atoms with van der Waals surface area (Å²) < 4.78 is 1.84. The monoisotopic (exact) mass is 214 g/mol. The summed E-state index contributed by atoms with van der Waals surface area (Å²) in [6.45, 7) is 0. The number of nitrogens with two attached hydrogens (primary N) is 1. The molecule has 1 aromatic carbocycles. The molecule has 4 heteroatoms. The Morgan fingerprint density at radius 2 is 2.00 bits per heavy atom. The van der Waals surface area contributed by atoms with Gasteiger partial charge in [-0.15, -0.1) is 5.10 Å². The van der Waals surface area contributed by atoms with Gasteiger partial charge in [-0.1, -0.05) is 23.4 Å². The van der Waals surface area contributed by atoms with Crippen LogP contribution in [0.3, 0.4) is 0 Å². The molecule has 1 aliphatic rings. The van der Waals surface area contributed by atoms with Crippen molar-refractivity contribution in [2.75, 3.05) is 0 Å². The van der Waals surface area contributed by atoms with Gasteiger partial charge in [-0.05, 0) is 30.9 Å². The van der Waals surface area contributed by atoms with E-state index in [1.807, 2.05) is 35.0 Å². The fourth-order valence-corrected chi connectivity index (χ4v) is 1.94. The molecule has 1 atom stereocenters. The standard InChI is InChI=1S/C12H14N4/c13-12(9-6-7-9)11-8-14-15-16(11)10-4-2-1-3-5-10/h1-5,8-9,12H,6-7,13H2. The number of para-hydroxylation sites is 1. The molecule has 1 heterocycles. The minimum Gasteiger partial charge on any atom is -0.322 e. The maximum Gasteiger partial charge on any atom is 0.0815 e. The average Bonchev–Trinajstić information content (AvgIpc) is 3.06. The highest BCUT2D eigenvalue weighted by molar-refractivity contribution is 5.32. The van der Waals surface area contributed by atoms with Crippen LogP contribution in [0.15, 0.2) is 36.5 Å². The smallest absolute Gasteiger partial charge is 0.0815 e. The summed E-state index contributed by atoms with van der Waals surface area (Å²) >= 11 is 0. The van der Waals surface area contributed by atoms with E-state index in [4.69, 9.17) is 5.73 Å². The van der Waals surface area contributed by atoms with Crippen LogP contribution in [-0.4, -0.2) is 15.0 Å². The lowest BCUT2D eigenvalue weighted by molar-refractivity contribution is 0.587. The van der Waals surface area contributed by atoms with Gasteiger partial charge in [0.25, 0.3) is 0 Å². The van der Waals surface area contributed by atoms with Crippen molar-refractivity contribution in [1.82, 2.24) is 15.0 Å². The third-order valence-corrected chi connectivity index (χ3v) is 3.05. The van der Waals surface area contributed by atoms with Gasteiger partial charge in [-0.2, -0.15) is 0 Å². The Labute approximate surface area is 94.1 Å². The number of nitrogens with zero attached hydrogens (tertiary/aromatic N) is 3. The highest BCUT2D eigenvalue weighted by atomic mass is 15.4. The Balaban J connectivity index is 1.99. The first kappa shape index (κ1) is 9.54. The van der Waals surface area contributed by atoms with Crippen LogP contribution >= 0.6 is 0 Å². The summed E-state index contributed by atoms with van der Waals surface area (Å²) in [6.07, 6.45) is 4.22. The molecule has 0 aliphatic heterocycles. The molecule has 82 valence electrons. The van der Waals surface area contributed by atoms with Crippen LogP contribution < -0.4 is 5.73 Å². The van der Waals surface area contributed by atoms with Gasteiger partial charge in [0, 0.05) is 0 Å². The normalized spacial score (nSPS) is 17.3. The van der Waals surface area contributed by atoms with Crippen LogP contribution in [0.5, 0.6) is 0 Å². The highest BCUT2D eigenvalue weighted by Gasteiger charge is 2.32. The number of hydrogen-bond acceptors (Lipinski definition) is 3. The zero-order chi connectivity index (χ0) is 11.0. The van der Waals surface area contributed by atoms with Crippen molar-refractivity contribution in [3.8, 4) is 5.69 Å². The average molecular weight is 214 g/mol. The summed E-state index contributed by atoms with van der Waals surface area (Å²) in [4.78, 5) is 0. The Kier molecular flexibility index (Phi) is 2.22. The summed E-state index contributed by atoms with van der Waals surface area (Å²) in [5.41, 5.74) is 8.21. The molecule has 1 fully saturated rings. The van der Waals surface area contributed by atoms with Gasteiger partial charge in [0.15, 0.2) is 0 Å². The number of aromatic nitrogens is 3. The summed E-state index contributed by atoms with van der Waals surface area (Å²) in [5.74, 6) is 0.612. The van der Waals surface area contributed by atoms with Crippen molar-refractivity contribution in [3.63, 3.8) is 0 Å². The van der Waals surface area contributed by atoms with Gasteiger partial charge in [-0.25, -0.2) is 4.68 Å². The first-order valence-corrected chi connectivity index (χ1v) is 5.58. The quantitative estimate of drug-likeness (QED) is 0.845. The molecule has 0 amide bonds. The Morgan fingerprint density at radius 3 is 2.69 bits per heavy atom. The third-order valence-electron chi connectivity index (χ3n) is 3.05. The largest absolute Gasteiger partial charge is 0.322 e. The van der Waals surface area contributed by atoms with Crippen molar-refractivity contribution in [2.24, 2.45) is 11.7 Å². The summed E-state index contributed by atoms with van der Waals surface area (Å²) in [6, 6.07) is 10.1. The van der Waals surface area contributed by atoms with E-state index >= 15 is 0 Å². The minimum absolute atomic E-state index is 0.0650. The van der Waals surface area contributed by atoms with Crippen LogP contribution in [-0.2, 0) is 0 Å². The molecule has 2 aromatic rings. The van der Waals surface area contributed by atoms with Crippen molar-refractivity contribution in [1.29, 1.82) is 0 Å². The second kappa shape index (κ2) is 3.72. The first-order chi connectivity index (χ1) is 7.86. The van der Waals surface area contributed by atoms with E-state index in [9.17, 15) is 0 Å². The number of rotatable bonds is 3. The summed E-state index contributed by atoms with van der Waals surface area (Å²) in [7, 11) is 0. The highest BCUT2D eigenvalue weighted by Crippen LogP contribution is 2.39. The van der Waals surface area contributed by atoms with Crippen molar-refractivity contribution in [3.05, 3.63) is 42.2 Å². The van der Waals surface area contributed by atoms with Gasteiger partial charge in [0.2, 0.25) is 0 Å². The molecule has 0 radical (unpaired) electrons. The van der Waals surface area contributed by atoms with Gasteiger partial charge < -0.3 is 5.73 Å². The second-order valence-corrected chi connectivity index (χ2v) is 4.27. The van der Waals surface area contributed by atoms with E-state index in [0.717, 1.165) is 11.4 Å². The first-order valence-electron chi connectivity index (χ1n) is 5.58. The van der Waals surface area contributed by atoms with Crippen LogP contribution in [0, 0.1) is 5.92 Å².